The van der Waals surface area contributed by atoms with Crippen LogP contribution in [0.25, 0.3) is 0 Å². The van der Waals surface area contributed by atoms with Crippen molar-refractivity contribution in [2.75, 3.05) is 20.8 Å². The summed E-state index contributed by atoms with van der Waals surface area (Å²) in [7, 11) is 3.14. The van der Waals surface area contributed by atoms with E-state index in [0.29, 0.717) is 23.6 Å². The van der Waals surface area contributed by atoms with E-state index >= 15 is 0 Å². The average Bonchev–Trinajstić information content (AvgIpc) is 2.46. The van der Waals surface area contributed by atoms with Gasteiger partial charge in [-0.1, -0.05) is 26.2 Å². The Morgan fingerprint density at radius 1 is 1.05 bits per heavy atom. The van der Waals surface area contributed by atoms with Crippen molar-refractivity contribution in [1.82, 2.24) is 5.32 Å². The highest BCUT2D eigenvalue weighted by Gasteiger charge is 2.09. The molecule has 0 saturated carbocycles. The number of hydrogen-bond acceptors (Lipinski definition) is 3. The van der Waals surface area contributed by atoms with Gasteiger partial charge in [-0.3, -0.25) is 4.79 Å². The second-order valence-corrected chi connectivity index (χ2v) is 4.42. The zero-order chi connectivity index (χ0) is 14.1. The molecule has 0 spiro atoms. The number of rotatable bonds is 8. The molecule has 19 heavy (non-hydrogen) atoms. The van der Waals surface area contributed by atoms with Gasteiger partial charge in [0.2, 0.25) is 0 Å². The van der Waals surface area contributed by atoms with Crippen LogP contribution in [-0.2, 0) is 0 Å². The van der Waals surface area contributed by atoms with Gasteiger partial charge in [-0.15, -0.1) is 0 Å². The molecule has 0 aliphatic carbocycles. The van der Waals surface area contributed by atoms with E-state index in [4.69, 9.17) is 9.47 Å². The molecule has 106 valence electrons. The molecule has 0 aliphatic heterocycles. The highest BCUT2D eigenvalue weighted by molar-refractivity contribution is 5.95. The Morgan fingerprint density at radius 3 is 2.21 bits per heavy atom. The zero-order valence-electron chi connectivity index (χ0n) is 12.0. The van der Waals surface area contributed by atoms with Gasteiger partial charge in [0.1, 0.15) is 11.5 Å². The fraction of sp³-hybridized carbons (Fsp3) is 0.533. The van der Waals surface area contributed by atoms with Crippen LogP contribution in [-0.4, -0.2) is 26.7 Å². The van der Waals surface area contributed by atoms with Crippen molar-refractivity contribution in [3.63, 3.8) is 0 Å². The molecule has 1 amide bonds. The number of amides is 1. The fourth-order valence-corrected chi connectivity index (χ4v) is 1.79. The van der Waals surface area contributed by atoms with Crippen molar-refractivity contribution in [1.29, 1.82) is 0 Å². The lowest BCUT2D eigenvalue weighted by Crippen LogP contribution is -2.24. The van der Waals surface area contributed by atoms with Gasteiger partial charge in [0, 0.05) is 18.2 Å². The lowest BCUT2D eigenvalue weighted by molar-refractivity contribution is 0.0952. The number of ether oxygens (including phenoxy) is 2. The molecule has 0 bridgehead atoms. The zero-order valence-corrected chi connectivity index (χ0v) is 12.0. The van der Waals surface area contributed by atoms with Gasteiger partial charge in [0.25, 0.3) is 5.91 Å². The molecule has 0 fully saturated rings. The predicted octanol–water partition coefficient (Wildman–Crippen LogP) is 3.01. The second-order valence-electron chi connectivity index (χ2n) is 4.42. The minimum atomic E-state index is -0.0892. The molecule has 0 atom stereocenters. The molecule has 0 radical (unpaired) electrons. The molecule has 0 aliphatic rings. The monoisotopic (exact) mass is 265 g/mol. The number of benzene rings is 1. The Bertz CT molecular complexity index is 382. The second kappa shape index (κ2) is 8.40. The van der Waals surface area contributed by atoms with Crippen LogP contribution in [0.1, 0.15) is 43.0 Å². The Kier molecular flexibility index (Phi) is 6.79. The summed E-state index contributed by atoms with van der Waals surface area (Å²) in [6, 6.07) is 5.17. The summed E-state index contributed by atoms with van der Waals surface area (Å²) in [6.07, 6.45) is 4.57. The molecule has 1 aromatic carbocycles. The van der Waals surface area contributed by atoms with E-state index in [0.717, 1.165) is 12.8 Å². The van der Waals surface area contributed by atoms with Gasteiger partial charge in [-0.2, -0.15) is 0 Å². The molecule has 1 N–H and O–H groups in total. The molecule has 0 aromatic heterocycles. The van der Waals surface area contributed by atoms with Crippen molar-refractivity contribution >= 4 is 5.91 Å². The van der Waals surface area contributed by atoms with E-state index in [9.17, 15) is 4.79 Å². The van der Waals surface area contributed by atoms with Crippen LogP contribution in [0.4, 0.5) is 0 Å². The van der Waals surface area contributed by atoms with Gasteiger partial charge >= 0.3 is 0 Å². The van der Waals surface area contributed by atoms with Gasteiger partial charge in [-0.25, -0.2) is 0 Å². The third-order valence-electron chi connectivity index (χ3n) is 2.93. The largest absolute Gasteiger partial charge is 0.497 e. The number of nitrogens with one attached hydrogen (secondary N) is 1. The summed E-state index contributed by atoms with van der Waals surface area (Å²) >= 11 is 0. The van der Waals surface area contributed by atoms with E-state index in [1.54, 1.807) is 32.4 Å². The Labute approximate surface area is 115 Å². The minimum Gasteiger partial charge on any atom is -0.497 e. The van der Waals surface area contributed by atoms with Crippen LogP contribution >= 0.6 is 0 Å². The number of hydrogen-bond donors (Lipinski definition) is 1. The topological polar surface area (TPSA) is 47.6 Å². The highest BCUT2D eigenvalue weighted by atomic mass is 16.5. The lowest BCUT2D eigenvalue weighted by Gasteiger charge is -2.09. The van der Waals surface area contributed by atoms with Crippen molar-refractivity contribution in [2.24, 2.45) is 0 Å². The van der Waals surface area contributed by atoms with Gasteiger partial charge in [0.15, 0.2) is 0 Å². The molecule has 0 heterocycles. The summed E-state index contributed by atoms with van der Waals surface area (Å²) in [4.78, 5) is 12.0. The fourth-order valence-electron chi connectivity index (χ4n) is 1.79. The maximum Gasteiger partial charge on any atom is 0.251 e. The number of methoxy groups -OCH3 is 2. The Hall–Kier alpha value is -1.71. The maximum absolute atomic E-state index is 12.0. The first-order valence-corrected chi connectivity index (χ1v) is 6.72. The van der Waals surface area contributed by atoms with E-state index < -0.39 is 0 Å². The van der Waals surface area contributed by atoms with E-state index in [2.05, 4.69) is 12.2 Å². The summed E-state index contributed by atoms with van der Waals surface area (Å²) in [6.45, 7) is 2.87. The molecule has 4 heteroatoms. The minimum absolute atomic E-state index is 0.0892. The first-order valence-electron chi connectivity index (χ1n) is 6.72. The predicted molar refractivity (Wildman–Crippen MR) is 76.0 cm³/mol. The molecular formula is C15H23NO3. The van der Waals surface area contributed by atoms with Crippen LogP contribution < -0.4 is 14.8 Å². The van der Waals surface area contributed by atoms with Crippen LogP contribution in [0.3, 0.4) is 0 Å². The SMILES string of the molecule is CCCCCCNC(=O)c1cc(OC)cc(OC)c1. The van der Waals surface area contributed by atoms with E-state index in [-0.39, 0.29) is 5.91 Å². The summed E-state index contributed by atoms with van der Waals surface area (Å²) in [5.74, 6) is 1.15. The molecule has 1 aromatic rings. The standard InChI is InChI=1S/C15H23NO3/c1-4-5-6-7-8-16-15(17)12-9-13(18-2)11-14(10-12)19-3/h9-11H,4-8H2,1-3H3,(H,16,17). The van der Waals surface area contributed by atoms with Crippen LogP contribution in [0.15, 0.2) is 18.2 Å². The van der Waals surface area contributed by atoms with Crippen LogP contribution in [0, 0.1) is 0 Å². The number of carbonyl (C=O) groups excluding carboxylic acids is 1. The van der Waals surface area contributed by atoms with Crippen molar-refractivity contribution in [3.8, 4) is 11.5 Å². The van der Waals surface area contributed by atoms with Gasteiger partial charge < -0.3 is 14.8 Å². The van der Waals surface area contributed by atoms with Gasteiger partial charge in [-0.05, 0) is 18.6 Å². The number of unbranched alkanes of at least 4 members (excludes halogenated alkanes) is 3. The number of carbonyl (C=O) groups is 1. The van der Waals surface area contributed by atoms with Crippen LogP contribution in [0.2, 0.25) is 0 Å². The van der Waals surface area contributed by atoms with Crippen molar-refractivity contribution in [3.05, 3.63) is 23.8 Å². The summed E-state index contributed by atoms with van der Waals surface area (Å²) in [5.41, 5.74) is 0.562. The van der Waals surface area contributed by atoms with Crippen molar-refractivity contribution in [2.45, 2.75) is 32.6 Å². The maximum atomic E-state index is 12.0. The third kappa shape index (κ3) is 5.20. The average molecular weight is 265 g/mol. The highest BCUT2D eigenvalue weighted by Crippen LogP contribution is 2.22. The molecular weight excluding hydrogens is 242 g/mol. The summed E-state index contributed by atoms with van der Waals surface area (Å²) < 4.78 is 10.3. The Balaban J connectivity index is 2.55. The normalized spacial score (nSPS) is 10.1. The van der Waals surface area contributed by atoms with Crippen molar-refractivity contribution < 1.29 is 14.3 Å². The van der Waals surface area contributed by atoms with Crippen LogP contribution in [0.5, 0.6) is 11.5 Å². The third-order valence-corrected chi connectivity index (χ3v) is 2.93. The van der Waals surface area contributed by atoms with E-state index in [1.165, 1.54) is 12.8 Å². The molecule has 0 unspecified atom stereocenters. The smallest absolute Gasteiger partial charge is 0.251 e. The first-order chi connectivity index (χ1) is 9.21. The van der Waals surface area contributed by atoms with E-state index in [1.807, 2.05) is 0 Å². The molecule has 0 saturated heterocycles. The van der Waals surface area contributed by atoms with Gasteiger partial charge in [0.05, 0.1) is 14.2 Å². The summed E-state index contributed by atoms with van der Waals surface area (Å²) in [5, 5.41) is 2.91. The first kappa shape index (κ1) is 15.3. The lowest BCUT2D eigenvalue weighted by atomic mass is 10.1. The Morgan fingerprint density at radius 2 is 1.68 bits per heavy atom. The quantitative estimate of drug-likeness (QED) is 0.735. The molecule has 4 nitrogen and oxygen atoms in total. The molecule has 1 rings (SSSR count).